The zero-order valence-electron chi connectivity index (χ0n) is 29.4. The second-order valence-corrected chi connectivity index (χ2v) is 16.7. The van der Waals surface area contributed by atoms with Gasteiger partial charge in [0.15, 0.2) is 0 Å². The van der Waals surface area contributed by atoms with Gasteiger partial charge < -0.3 is 0 Å². The van der Waals surface area contributed by atoms with E-state index in [-0.39, 0.29) is 16.2 Å². The third-order valence-corrected chi connectivity index (χ3v) is 11.7. The summed E-state index contributed by atoms with van der Waals surface area (Å²) in [5.74, 6) is 0.479. The molecule has 228 valence electrons. The predicted molar refractivity (Wildman–Crippen MR) is 187 cm³/mol. The molecule has 0 spiro atoms. The Bertz CT molecular complexity index is 1440. The molecule has 0 radical (unpaired) electrons. The first-order valence-electron chi connectivity index (χ1n) is 16.5. The topological polar surface area (TPSA) is 0 Å². The summed E-state index contributed by atoms with van der Waals surface area (Å²) in [7, 11) is 0. The van der Waals surface area contributed by atoms with E-state index in [1.54, 1.807) is 5.56 Å². The van der Waals surface area contributed by atoms with Gasteiger partial charge in [0, 0.05) is 5.41 Å². The molecule has 0 saturated heterocycles. The fourth-order valence-corrected chi connectivity index (χ4v) is 9.45. The summed E-state index contributed by atoms with van der Waals surface area (Å²) in [6, 6.07) is 2.55. The Labute approximate surface area is 259 Å². The van der Waals surface area contributed by atoms with Crippen molar-refractivity contribution in [1.29, 1.82) is 0 Å². The average Bonchev–Trinajstić information content (AvgIpc) is 2.83. The Morgan fingerprint density at radius 1 is 0.976 bits per heavy atom. The minimum Gasteiger partial charge on any atom is -0.0998 e. The van der Waals surface area contributed by atoms with E-state index >= 15 is 0 Å². The number of aryl methyl sites for hydroxylation is 1. The van der Waals surface area contributed by atoms with Gasteiger partial charge in [-0.15, -0.1) is 0 Å². The Balaban J connectivity index is 1.85. The maximum absolute atomic E-state index is 4.94. The van der Waals surface area contributed by atoms with Gasteiger partial charge in [-0.05, 0) is 145 Å². The van der Waals surface area contributed by atoms with Gasteiger partial charge in [0.2, 0.25) is 0 Å². The highest BCUT2D eigenvalue weighted by atomic mass is 14.6. The highest BCUT2D eigenvalue weighted by molar-refractivity contribution is 5.87. The van der Waals surface area contributed by atoms with Crippen molar-refractivity contribution in [3.05, 3.63) is 99.2 Å². The lowest BCUT2D eigenvalue weighted by Crippen LogP contribution is -2.52. The summed E-state index contributed by atoms with van der Waals surface area (Å²) in [5, 5.41) is 0. The van der Waals surface area contributed by atoms with E-state index in [0.29, 0.717) is 11.3 Å². The van der Waals surface area contributed by atoms with E-state index in [4.69, 9.17) is 13.2 Å². The van der Waals surface area contributed by atoms with E-state index in [1.165, 1.54) is 67.7 Å². The molecule has 0 N–H and O–H groups in total. The van der Waals surface area contributed by atoms with Crippen LogP contribution in [0.5, 0.6) is 0 Å². The molecule has 4 rings (SSSR count). The normalized spacial score (nSPS) is 27.7. The summed E-state index contributed by atoms with van der Waals surface area (Å²) in [4.78, 5) is 0. The molecule has 0 aromatic heterocycles. The molecule has 0 heteroatoms. The molecule has 1 aromatic rings. The zero-order valence-corrected chi connectivity index (χ0v) is 29.4. The van der Waals surface area contributed by atoms with Crippen LogP contribution in [0.2, 0.25) is 0 Å². The van der Waals surface area contributed by atoms with Crippen molar-refractivity contribution in [3.63, 3.8) is 0 Å². The van der Waals surface area contributed by atoms with Gasteiger partial charge in [-0.2, -0.15) is 0 Å². The Morgan fingerprint density at radius 3 is 2.14 bits per heavy atom. The van der Waals surface area contributed by atoms with Gasteiger partial charge in [0.05, 0.1) is 0 Å². The van der Waals surface area contributed by atoms with Crippen molar-refractivity contribution < 1.29 is 0 Å². The van der Waals surface area contributed by atoms with Gasteiger partial charge in [0.1, 0.15) is 0 Å². The van der Waals surface area contributed by atoms with Crippen LogP contribution in [-0.2, 0) is 12.8 Å². The number of hydrogen-bond acceptors (Lipinski definition) is 0. The minimum atomic E-state index is -0.118. The van der Waals surface area contributed by atoms with Crippen LogP contribution >= 0.6 is 0 Å². The van der Waals surface area contributed by atoms with E-state index in [9.17, 15) is 0 Å². The molecular weight excluding hydrogens is 504 g/mol. The van der Waals surface area contributed by atoms with Gasteiger partial charge in [-0.25, -0.2) is 0 Å². The monoisotopic (exact) mass is 564 g/mol. The van der Waals surface area contributed by atoms with Crippen molar-refractivity contribution in [1.82, 2.24) is 0 Å². The van der Waals surface area contributed by atoms with E-state index in [1.807, 2.05) is 0 Å². The summed E-state index contributed by atoms with van der Waals surface area (Å²) >= 11 is 0. The molecule has 3 aliphatic rings. The van der Waals surface area contributed by atoms with Crippen molar-refractivity contribution in [3.8, 4) is 0 Å². The molecule has 42 heavy (non-hydrogen) atoms. The molecule has 0 nitrogen and oxygen atoms in total. The fourth-order valence-electron chi connectivity index (χ4n) is 9.45. The minimum absolute atomic E-state index is 0.0581. The Kier molecular flexibility index (Phi) is 8.28. The molecule has 0 heterocycles. The summed E-state index contributed by atoms with van der Waals surface area (Å²) in [5.41, 5.74) is 18.6. The van der Waals surface area contributed by atoms with E-state index < -0.39 is 0 Å². The van der Waals surface area contributed by atoms with Crippen molar-refractivity contribution in [2.24, 2.45) is 21.7 Å². The zero-order chi connectivity index (χ0) is 31.7. The molecule has 0 unspecified atom stereocenters. The first kappa shape index (κ1) is 32.6. The third-order valence-electron chi connectivity index (χ3n) is 11.7. The van der Waals surface area contributed by atoms with Crippen LogP contribution in [0.25, 0.3) is 5.57 Å². The van der Waals surface area contributed by atoms with Crippen LogP contribution < -0.4 is 0 Å². The average molecular weight is 565 g/mol. The summed E-state index contributed by atoms with van der Waals surface area (Å²) in [6.07, 6.45) is 7.76. The number of hydrogen-bond donors (Lipinski definition) is 0. The van der Waals surface area contributed by atoms with Crippen LogP contribution in [0.4, 0.5) is 0 Å². The number of rotatable bonds is 7. The molecule has 0 bridgehead atoms. The van der Waals surface area contributed by atoms with Crippen molar-refractivity contribution in [2.75, 3.05) is 0 Å². The highest BCUT2D eigenvalue weighted by Gasteiger charge is 2.59. The van der Waals surface area contributed by atoms with Crippen molar-refractivity contribution >= 4 is 5.57 Å². The Morgan fingerprint density at radius 2 is 1.60 bits per heavy atom. The molecule has 1 aromatic carbocycles. The number of allylic oxidation sites excluding steroid dienone is 8. The van der Waals surface area contributed by atoms with Gasteiger partial charge >= 0.3 is 0 Å². The molecular formula is C42H60. The lowest BCUT2D eigenvalue weighted by atomic mass is 9.41. The van der Waals surface area contributed by atoms with Crippen LogP contribution in [0.1, 0.15) is 142 Å². The standard InChI is InChI=1S/C42H60/c1-25(2)34-21-33(18-17-27(5)19-20-39(11,12)13)29(7)37-30(8)38-32(10)42(16)31(9)36(26(3)4)28(6)22-41(42,15)24-40(38,14)23-35(34)37/h21,25H,3,5,8-9,17-20,22-24H2,1-2,4,6-7,10-16H3/t40-,41+,42-/m1/s1. The lowest BCUT2D eigenvalue weighted by molar-refractivity contribution is 0.0543. The first-order valence-corrected chi connectivity index (χ1v) is 16.5. The van der Waals surface area contributed by atoms with E-state index in [0.717, 1.165) is 44.1 Å². The molecule has 3 atom stereocenters. The number of benzene rings is 1. The third kappa shape index (κ3) is 5.10. The van der Waals surface area contributed by atoms with Crippen LogP contribution in [-0.4, -0.2) is 0 Å². The maximum atomic E-state index is 4.94. The highest BCUT2D eigenvalue weighted by Crippen LogP contribution is 2.70. The largest absolute Gasteiger partial charge is 0.0998 e. The van der Waals surface area contributed by atoms with Crippen LogP contribution in [0, 0.1) is 28.6 Å². The van der Waals surface area contributed by atoms with Gasteiger partial charge in [-0.3, -0.25) is 0 Å². The smallest absolute Gasteiger partial charge is 0.0194 e. The maximum Gasteiger partial charge on any atom is 0.0194 e. The van der Waals surface area contributed by atoms with Gasteiger partial charge in [-0.1, -0.05) is 110 Å². The molecule has 0 amide bonds. The van der Waals surface area contributed by atoms with Crippen molar-refractivity contribution in [2.45, 2.75) is 134 Å². The molecule has 0 saturated carbocycles. The second kappa shape index (κ2) is 10.7. The fraction of sp³-hybridized carbons (Fsp3) is 0.571. The van der Waals surface area contributed by atoms with Crippen LogP contribution in [0.3, 0.4) is 0 Å². The number of fused-ring (bicyclic) bond motifs is 3. The summed E-state index contributed by atoms with van der Waals surface area (Å²) in [6.45, 7) is 47.1. The lowest BCUT2D eigenvalue weighted by Gasteiger charge is -2.62. The Hall–Kier alpha value is -2.34. The molecule has 0 aliphatic heterocycles. The van der Waals surface area contributed by atoms with E-state index in [2.05, 4.69) is 102 Å². The quantitative estimate of drug-likeness (QED) is 0.289. The molecule has 0 fully saturated rings. The van der Waals surface area contributed by atoms with Gasteiger partial charge in [0.25, 0.3) is 0 Å². The molecule has 3 aliphatic carbocycles. The second-order valence-electron chi connectivity index (χ2n) is 16.7. The van der Waals surface area contributed by atoms with Crippen LogP contribution in [0.15, 0.2) is 71.4 Å². The SMILES string of the molecule is C=C(CCc1cc(C(C)C)c2c(c1C)C(=C)C1=C(C)[C@@]3(C)C(=C)C(C(=C)C)=C(C)C[C@@]3(C)C[C@@]1(C)C2)CCC(C)(C)C. The predicted octanol–water partition coefficient (Wildman–Crippen LogP) is 12.6. The first-order chi connectivity index (χ1) is 19.2. The summed E-state index contributed by atoms with van der Waals surface area (Å²) < 4.78 is 0.